The van der Waals surface area contributed by atoms with Crippen LogP contribution in [0.15, 0.2) is 35.5 Å². The van der Waals surface area contributed by atoms with E-state index in [4.69, 9.17) is 0 Å². The Morgan fingerprint density at radius 2 is 1.65 bits per heavy atom. The molecule has 0 aliphatic carbocycles. The molecule has 0 N–H and O–H groups in total. The Hall–Kier alpha value is -3.12. The largest absolute Gasteiger partial charge is 0.351 e. The summed E-state index contributed by atoms with van der Waals surface area (Å²) in [6, 6.07) is 6.31. The lowest BCUT2D eigenvalue weighted by atomic mass is 10.2. The number of hydrogen-bond acceptors (Lipinski definition) is 8. The molecule has 2 aliphatic rings. The average Bonchev–Trinajstić information content (AvgIpc) is 3.32. The molecule has 0 saturated carbocycles. The number of sulfonamides is 1. The highest BCUT2D eigenvalue weighted by Gasteiger charge is 2.28. The number of benzene rings is 1. The fraction of sp³-hybridized carbons (Fsp3) is 0.500. The molecule has 2 fully saturated rings. The molecule has 3 aromatic rings. The van der Waals surface area contributed by atoms with Gasteiger partial charge in [0.25, 0.3) is 5.91 Å². The Kier molecular flexibility index (Phi) is 6.17. The second kappa shape index (κ2) is 9.26. The summed E-state index contributed by atoms with van der Waals surface area (Å²) in [5.74, 6) is 0.621. The minimum Gasteiger partial charge on any atom is -0.351 e. The lowest BCUT2D eigenvalue weighted by Gasteiger charge is -2.35. The van der Waals surface area contributed by atoms with Gasteiger partial charge in [-0.2, -0.15) is 4.31 Å². The van der Waals surface area contributed by atoms with Gasteiger partial charge in [0.1, 0.15) is 6.33 Å². The van der Waals surface area contributed by atoms with Gasteiger partial charge < -0.3 is 9.80 Å². The van der Waals surface area contributed by atoms with Crippen molar-refractivity contribution in [2.24, 2.45) is 0 Å². The molecule has 1 aromatic carbocycles. The Balaban J connectivity index is 1.25. The van der Waals surface area contributed by atoms with Crippen molar-refractivity contribution < 1.29 is 13.2 Å². The van der Waals surface area contributed by atoms with Crippen LogP contribution < -0.4 is 4.90 Å². The first-order chi connectivity index (χ1) is 16.5. The normalized spacial score (nSPS) is 17.9. The van der Waals surface area contributed by atoms with Crippen molar-refractivity contribution in [2.45, 2.75) is 37.6 Å². The Morgan fingerprint density at radius 3 is 2.32 bits per heavy atom. The Labute approximate surface area is 198 Å². The van der Waals surface area contributed by atoms with Gasteiger partial charge >= 0.3 is 0 Å². The molecule has 1 amide bonds. The summed E-state index contributed by atoms with van der Waals surface area (Å²) in [6.07, 6.45) is 4.36. The second-order valence-electron chi connectivity index (χ2n) is 8.54. The quantitative estimate of drug-likeness (QED) is 0.533. The number of aryl methyl sites for hydroxylation is 1. The van der Waals surface area contributed by atoms with Gasteiger partial charge in [-0.3, -0.25) is 4.79 Å². The number of fused-ring (bicyclic) bond motifs is 1. The fourth-order valence-electron chi connectivity index (χ4n) is 4.55. The third-order valence-electron chi connectivity index (χ3n) is 6.50. The van der Waals surface area contributed by atoms with Crippen LogP contribution in [0.3, 0.4) is 0 Å². The van der Waals surface area contributed by atoms with E-state index in [1.807, 2.05) is 6.92 Å². The summed E-state index contributed by atoms with van der Waals surface area (Å²) in [4.78, 5) is 25.9. The number of carbonyl (C=O) groups excluding carboxylic acids is 1. The van der Waals surface area contributed by atoms with Gasteiger partial charge in [0, 0.05) is 51.4 Å². The molecule has 5 rings (SSSR count). The molecule has 0 spiro atoms. The van der Waals surface area contributed by atoms with E-state index in [1.165, 1.54) is 10.6 Å². The smallest absolute Gasteiger partial charge is 0.253 e. The first-order valence-corrected chi connectivity index (χ1v) is 13.1. The molecule has 34 heavy (non-hydrogen) atoms. The Bertz CT molecular complexity index is 1280. The Morgan fingerprint density at radius 1 is 0.941 bits per heavy atom. The maximum atomic E-state index is 13.1. The van der Waals surface area contributed by atoms with Crippen molar-refractivity contribution in [3.8, 4) is 0 Å². The highest BCUT2D eigenvalue weighted by atomic mass is 32.2. The van der Waals surface area contributed by atoms with Crippen LogP contribution in [-0.4, -0.2) is 87.8 Å². The highest BCUT2D eigenvalue weighted by molar-refractivity contribution is 7.89. The monoisotopic (exact) mass is 484 g/mol. The van der Waals surface area contributed by atoms with Crippen LogP contribution in [-0.2, 0) is 16.6 Å². The van der Waals surface area contributed by atoms with Gasteiger partial charge in [0.05, 0.1) is 4.90 Å². The third-order valence-corrected chi connectivity index (χ3v) is 8.41. The van der Waals surface area contributed by atoms with E-state index in [0.29, 0.717) is 62.5 Å². The van der Waals surface area contributed by atoms with E-state index in [2.05, 4.69) is 25.2 Å². The molecule has 12 heteroatoms. The lowest BCUT2D eigenvalue weighted by Crippen LogP contribution is -2.49. The van der Waals surface area contributed by atoms with Crippen LogP contribution in [0.4, 0.5) is 5.82 Å². The number of amides is 1. The highest BCUT2D eigenvalue weighted by Crippen LogP contribution is 2.24. The molecule has 4 heterocycles. The van der Waals surface area contributed by atoms with Crippen LogP contribution >= 0.6 is 0 Å². The van der Waals surface area contributed by atoms with Crippen molar-refractivity contribution in [2.75, 3.05) is 44.2 Å². The van der Waals surface area contributed by atoms with Crippen LogP contribution in [0.25, 0.3) is 11.2 Å². The summed E-state index contributed by atoms with van der Waals surface area (Å²) >= 11 is 0. The SMILES string of the molecule is CCn1nnc2c(N3CCN(C(=O)c4ccc(S(=O)(=O)N5CCCCC5)cc4)CC3)ncnc21. The lowest BCUT2D eigenvalue weighted by molar-refractivity contribution is 0.0746. The fourth-order valence-corrected chi connectivity index (χ4v) is 6.07. The van der Waals surface area contributed by atoms with Crippen molar-refractivity contribution in [3.05, 3.63) is 36.2 Å². The van der Waals surface area contributed by atoms with Gasteiger partial charge in [-0.25, -0.2) is 23.1 Å². The zero-order chi connectivity index (χ0) is 23.7. The third kappa shape index (κ3) is 4.11. The number of piperidine rings is 1. The summed E-state index contributed by atoms with van der Waals surface area (Å²) in [5, 5.41) is 8.37. The molecule has 0 radical (unpaired) electrons. The van der Waals surface area contributed by atoms with Crippen molar-refractivity contribution in [3.63, 3.8) is 0 Å². The molecule has 11 nitrogen and oxygen atoms in total. The summed E-state index contributed by atoms with van der Waals surface area (Å²) in [7, 11) is -3.51. The zero-order valence-electron chi connectivity index (χ0n) is 19.2. The standard InChI is InChI=1S/C22H28N8O3S/c1-2-30-21-19(25-26-30)20(23-16-24-21)27-12-14-28(15-13-27)22(31)17-6-8-18(9-7-17)34(32,33)29-10-4-3-5-11-29/h6-9,16H,2-5,10-15H2,1H3. The first kappa shape index (κ1) is 22.7. The molecule has 2 saturated heterocycles. The van der Waals surface area contributed by atoms with Crippen LogP contribution in [0.5, 0.6) is 0 Å². The van der Waals surface area contributed by atoms with Gasteiger partial charge in [-0.15, -0.1) is 5.10 Å². The molecule has 0 bridgehead atoms. The maximum Gasteiger partial charge on any atom is 0.253 e. The van der Waals surface area contributed by atoms with Crippen molar-refractivity contribution >= 4 is 32.9 Å². The molecular formula is C22H28N8O3S. The van der Waals surface area contributed by atoms with E-state index in [-0.39, 0.29) is 10.8 Å². The van der Waals surface area contributed by atoms with Gasteiger partial charge in [-0.05, 0) is 44.0 Å². The van der Waals surface area contributed by atoms with Gasteiger partial charge in [-0.1, -0.05) is 11.6 Å². The average molecular weight is 485 g/mol. The van der Waals surface area contributed by atoms with E-state index < -0.39 is 10.0 Å². The summed E-state index contributed by atoms with van der Waals surface area (Å²) < 4.78 is 29.0. The van der Waals surface area contributed by atoms with E-state index in [0.717, 1.165) is 25.1 Å². The van der Waals surface area contributed by atoms with Gasteiger partial charge in [0.15, 0.2) is 17.0 Å². The summed E-state index contributed by atoms with van der Waals surface area (Å²) in [5.41, 5.74) is 1.85. The van der Waals surface area contributed by atoms with E-state index >= 15 is 0 Å². The zero-order valence-corrected chi connectivity index (χ0v) is 20.0. The number of hydrogen-bond donors (Lipinski definition) is 0. The van der Waals surface area contributed by atoms with Crippen LogP contribution in [0.2, 0.25) is 0 Å². The summed E-state index contributed by atoms with van der Waals surface area (Å²) in [6.45, 7) is 6.04. The second-order valence-corrected chi connectivity index (χ2v) is 10.5. The number of rotatable bonds is 5. The number of carbonyl (C=O) groups is 1. The minimum atomic E-state index is -3.51. The predicted molar refractivity (Wildman–Crippen MR) is 126 cm³/mol. The van der Waals surface area contributed by atoms with Crippen molar-refractivity contribution in [1.29, 1.82) is 0 Å². The van der Waals surface area contributed by atoms with Crippen LogP contribution in [0, 0.1) is 0 Å². The molecule has 0 unspecified atom stereocenters. The van der Waals surface area contributed by atoms with E-state index in [9.17, 15) is 13.2 Å². The topological polar surface area (TPSA) is 117 Å². The van der Waals surface area contributed by atoms with E-state index in [1.54, 1.807) is 33.8 Å². The molecule has 0 atom stereocenters. The number of nitrogens with zero attached hydrogens (tertiary/aromatic N) is 8. The molecule has 2 aromatic heterocycles. The van der Waals surface area contributed by atoms with Crippen LogP contribution in [0.1, 0.15) is 36.5 Å². The minimum absolute atomic E-state index is 0.105. The maximum absolute atomic E-state index is 13.1. The van der Waals surface area contributed by atoms with Crippen molar-refractivity contribution in [1.82, 2.24) is 34.2 Å². The molecular weight excluding hydrogens is 456 g/mol. The molecule has 2 aliphatic heterocycles. The number of anilines is 1. The predicted octanol–water partition coefficient (Wildman–Crippen LogP) is 1.38. The molecule has 180 valence electrons. The first-order valence-electron chi connectivity index (χ1n) is 11.7. The number of piperazine rings is 1. The number of aromatic nitrogens is 5. The van der Waals surface area contributed by atoms with Gasteiger partial charge in [0.2, 0.25) is 10.0 Å².